The van der Waals surface area contributed by atoms with E-state index in [9.17, 15) is 19.2 Å². The van der Waals surface area contributed by atoms with E-state index in [-0.39, 0.29) is 35.3 Å². The van der Waals surface area contributed by atoms with Crippen molar-refractivity contribution in [3.8, 4) is 0 Å². The van der Waals surface area contributed by atoms with Gasteiger partial charge in [0.05, 0.1) is 28.8 Å². The number of nitrogens with zero attached hydrogens (tertiary/aromatic N) is 1. The predicted molar refractivity (Wildman–Crippen MR) is 101 cm³/mol. The van der Waals surface area contributed by atoms with Crippen LogP contribution in [0.25, 0.3) is 0 Å². The smallest absolute Gasteiger partial charge is 0.338 e. The Morgan fingerprint density at radius 1 is 1.29 bits per heavy atom. The van der Waals surface area contributed by atoms with E-state index in [4.69, 9.17) is 9.47 Å². The number of urea groups is 1. The molecule has 0 bridgehead atoms. The Morgan fingerprint density at radius 2 is 2.04 bits per heavy atom. The number of carbonyl (C=O) groups excluding carboxylic acids is 4. The van der Waals surface area contributed by atoms with Crippen molar-refractivity contribution in [1.82, 2.24) is 15.5 Å². The summed E-state index contributed by atoms with van der Waals surface area (Å²) in [7, 11) is 0. The number of hydrogen-bond donors (Lipinski definition) is 2. The summed E-state index contributed by atoms with van der Waals surface area (Å²) < 4.78 is 10.5. The lowest BCUT2D eigenvalue weighted by Gasteiger charge is -2.30. The third-order valence-electron chi connectivity index (χ3n) is 5.22. The fourth-order valence-electron chi connectivity index (χ4n) is 3.81. The van der Waals surface area contributed by atoms with Crippen LogP contribution in [0.5, 0.6) is 0 Å². The number of amides is 3. The molecule has 0 spiro atoms. The lowest BCUT2D eigenvalue weighted by molar-refractivity contribution is -0.153. The quantitative estimate of drug-likeness (QED) is 0.624. The predicted octanol–water partition coefficient (Wildman–Crippen LogP) is 0.892. The molecule has 3 amide bonds. The molecule has 0 aromatic carbocycles. The number of esters is 2. The van der Waals surface area contributed by atoms with Crippen molar-refractivity contribution >= 4 is 35.6 Å². The van der Waals surface area contributed by atoms with E-state index in [2.05, 4.69) is 10.6 Å². The standard InChI is InChI=1S/C18H25N3O6S/c1-4-10-14(16(24)26-5-2)11(20-17(25)19-10)8-27-15(23)12-9-28-18(3)7-6-13(22)21(12)18/h10,12H,4-9H2,1-3H3,(H2,19,20,25)/t10-,12+,18+/m1/s1. The molecule has 0 aromatic heterocycles. The van der Waals surface area contributed by atoms with Gasteiger partial charge in [-0.05, 0) is 26.7 Å². The molecule has 3 aliphatic rings. The molecule has 2 fully saturated rings. The monoisotopic (exact) mass is 411 g/mol. The van der Waals surface area contributed by atoms with Gasteiger partial charge in [0.1, 0.15) is 12.6 Å². The molecular weight excluding hydrogens is 386 g/mol. The van der Waals surface area contributed by atoms with Gasteiger partial charge in [0.15, 0.2) is 0 Å². The van der Waals surface area contributed by atoms with Crippen LogP contribution in [0.1, 0.15) is 40.0 Å². The molecule has 3 atom stereocenters. The van der Waals surface area contributed by atoms with Gasteiger partial charge < -0.3 is 25.0 Å². The van der Waals surface area contributed by atoms with Gasteiger partial charge in [-0.15, -0.1) is 11.8 Å². The molecule has 0 aliphatic carbocycles. The highest BCUT2D eigenvalue weighted by Crippen LogP contribution is 2.47. The summed E-state index contributed by atoms with van der Waals surface area (Å²) in [4.78, 5) is 50.3. The van der Waals surface area contributed by atoms with Gasteiger partial charge in [-0.2, -0.15) is 0 Å². The van der Waals surface area contributed by atoms with Crippen molar-refractivity contribution in [2.45, 2.75) is 57.0 Å². The first kappa shape index (κ1) is 20.5. The summed E-state index contributed by atoms with van der Waals surface area (Å²) in [5.41, 5.74) is 0.461. The van der Waals surface area contributed by atoms with E-state index in [0.717, 1.165) is 0 Å². The Morgan fingerprint density at radius 3 is 2.71 bits per heavy atom. The van der Waals surface area contributed by atoms with Crippen LogP contribution in [-0.4, -0.2) is 64.7 Å². The highest BCUT2D eigenvalue weighted by Gasteiger charge is 2.53. The van der Waals surface area contributed by atoms with Crippen LogP contribution < -0.4 is 10.6 Å². The second-order valence-electron chi connectivity index (χ2n) is 7.05. The molecule has 3 rings (SSSR count). The maximum atomic E-state index is 12.7. The summed E-state index contributed by atoms with van der Waals surface area (Å²) in [5, 5.41) is 5.21. The minimum absolute atomic E-state index is 0.0536. The van der Waals surface area contributed by atoms with Crippen molar-refractivity contribution in [3.63, 3.8) is 0 Å². The second-order valence-corrected chi connectivity index (χ2v) is 8.55. The van der Waals surface area contributed by atoms with E-state index in [1.807, 2.05) is 13.8 Å². The zero-order valence-electron chi connectivity index (χ0n) is 16.2. The molecule has 3 aliphatic heterocycles. The molecular formula is C18H25N3O6S. The van der Waals surface area contributed by atoms with Gasteiger partial charge in [0.25, 0.3) is 0 Å². The number of carbonyl (C=O) groups is 4. The molecule has 0 saturated carbocycles. The third kappa shape index (κ3) is 3.69. The van der Waals surface area contributed by atoms with Gasteiger partial charge in [-0.1, -0.05) is 6.92 Å². The van der Waals surface area contributed by atoms with Crippen LogP contribution in [0.2, 0.25) is 0 Å². The molecule has 0 radical (unpaired) electrons. The first-order valence-electron chi connectivity index (χ1n) is 9.41. The van der Waals surface area contributed by atoms with E-state index in [1.54, 1.807) is 23.6 Å². The fraction of sp³-hybridized carbons (Fsp3) is 0.667. The Balaban J connectivity index is 1.75. The largest absolute Gasteiger partial charge is 0.463 e. The average Bonchev–Trinajstić information content (AvgIpc) is 3.15. The van der Waals surface area contributed by atoms with E-state index < -0.39 is 30.1 Å². The van der Waals surface area contributed by atoms with Crippen LogP contribution >= 0.6 is 11.8 Å². The topological polar surface area (TPSA) is 114 Å². The summed E-state index contributed by atoms with van der Waals surface area (Å²) in [6.45, 7) is 5.39. The normalized spacial score (nSPS) is 29.3. The van der Waals surface area contributed by atoms with Gasteiger partial charge in [0, 0.05) is 12.2 Å². The van der Waals surface area contributed by atoms with Crippen molar-refractivity contribution in [1.29, 1.82) is 0 Å². The molecule has 9 nitrogen and oxygen atoms in total. The van der Waals surface area contributed by atoms with Crippen LogP contribution in [0.3, 0.4) is 0 Å². The molecule has 3 heterocycles. The van der Waals surface area contributed by atoms with Gasteiger partial charge in [0.2, 0.25) is 5.91 Å². The summed E-state index contributed by atoms with van der Waals surface area (Å²) in [5.74, 6) is -0.687. The second kappa shape index (κ2) is 8.02. The zero-order chi connectivity index (χ0) is 20.5. The summed E-state index contributed by atoms with van der Waals surface area (Å²) in [6, 6.07) is -1.65. The number of fused-ring (bicyclic) bond motifs is 1. The lowest BCUT2D eigenvalue weighted by atomic mass is 10.0. The Labute approximate surface area is 167 Å². The lowest BCUT2D eigenvalue weighted by Crippen LogP contribution is -2.51. The molecule has 2 N–H and O–H groups in total. The van der Waals surface area contributed by atoms with Gasteiger partial charge in [-0.3, -0.25) is 4.79 Å². The van der Waals surface area contributed by atoms with Crippen LogP contribution in [0.15, 0.2) is 11.3 Å². The first-order valence-corrected chi connectivity index (χ1v) is 10.4. The maximum absolute atomic E-state index is 12.7. The van der Waals surface area contributed by atoms with Crippen molar-refractivity contribution < 1.29 is 28.7 Å². The molecule has 28 heavy (non-hydrogen) atoms. The molecule has 0 unspecified atom stereocenters. The number of rotatable bonds is 6. The van der Waals surface area contributed by atoms with Gasteiger partial charge >= 0.3 is 18.0 Å². The molecule has 154 valence electrons. The van der Waals surface area contributed by atoms with Crippen LogP contribution in [0, 0.1) is 0 Å². The Bertz CT molecular complexity index is 739. The van der Waals surface area contributed by atoms with E-state index >= 15 is 0 Å². The van der Waals surface area contributed by atoms with Crippen LogP contribution in [0.4, 0.5) is 4.79 Å². The van der Waals surface area contributed by atoms with Crippen LogP contribution in [-0.2, 0) is 23.9 Å². The van der Waals surface area contributed by atoms with E-state index in [1.165, 1.54) is 0 Å². The minimum Gasteiger partial charge on any atom is -0.463 e. The SMILES string of the molecule is CCOC(=O)C1=C(COC(=O)[C@@H]2CS[C@@]3(C)CCC(=O)N23)NC(=O)N[C@@H]1CC. The van der Waals surface area contributed by atoms with Crippen molar-refractivity contribution in [3.05, 3.63) is 11.3 Å². The number of ether oxygens (including phenoxy) is 2. The summed E-state index contributed by atoms with van der Waals surface area (Å²) >= 11 is 1.57. The van der Waals surface area contributed by atoms with Gasteiger partial charge in [-0.25, -0.2) is 14.4 Å². The van der Waals surface area contributed by atoms with Crippen molar-refractivity contribution in [2.24, 2.45) is 0 Å². The zero-order valence-corrected chi connectivity index (χ0v) is 17.0. The number of thioether (sulfide) groups is 1. The Hall–Kier alpha value is -2.23. The molecule has 0 aromatic rings. The average molecular weight is 411 g/mol. The fourth-order valence-corrected chi connectivity index (χ4v) is 5.23. The molecule has 2 saturated heterocycles. The Kier molecular flexibility index (Phi) is 5.87. The highest BCUT2D eigenvalue weighted by atomic mass is 32.2. The van der Waals surface area contributed by atoms with Crippen molar-refractivity contribution in [2.75, 3.05) is 19.0 Å². The van der Waals surface area contributed by atoms with E-state index in [0.29, 0.717) is 25.0 Å². The number of nitrogens with one attached hydrogen (secondary N) is 2. The maximum Gasteiger partial charge on any atom is 0.338 e. The number of hydrogen-bond acceptors (Lipinski definition) is 7. The summed E-state index contributed by atoms with van der Waals surface area (Å²) in [6.07, 6.45) is 1.61. The minimum atomic E-state index is -0.656. The third-order valence-corrected chi connectivity index (χ3v) is 6.73. The highest BCUT2D eigenvalue weighted by molar-refractivity contribution is 8.01. The first-order chi connectivity index (χ1) is 13.3. The molecule has 10 heteroatoms.